The van der Waals surface area contributed by atoms with Gasteiger partial charge in [0, 0.05) is 47.5 Å². The first-order valence-electron chi connectivity index (χ1n) is 14.0. The molecule has 2 saturated heterocycles. The second-order valence-corrected chi connectivity index (χ2v) is 13.1. The molecule has 2 atom stereocenters. The van der Waals surface area contributed by atoms with Crippen molar-refractivity contribution >= 4 is 40.9 Å². The van der Waals surface area contributed by atoms with Gasteiger partial charge >= 0.3 is 5.97 Å². The lowest BCUT2D eigenvalue weighted by atomic mass is 9.65. The monoisotopic (exact) mass is 557 g/mol. The number of carbonyl (C=O) groups is 1. The first-order chi connectivity index (χ1) is 18.2. The molecule has 3 heterocycles. The highest BCUT2D eigenvalue weighted by Crippen LogP contribution is 2.46. The third-order valence-electron chi connectivity index (χ3n) is 9.36. The van der Waals surface area contributed by atoms with Crippen LogP contribution in [0.25, 0.3) is 0 Å². The van der Waals surface area contributed by atoms with Gasteiger partial charge in [-0.05, 0) is 94.4 Å². The predicted molar refractivity (Wildman–Crippen MR) is 151 cm³/mol. The fourth-order valence-electron chi connectivity index (χ4n) is 6.62. The predicted octanol–water partition coefficient (Wildman–Crippen LogP) is 6.24. The van der Waals surface area contributed by atoms with Crippen molar-refractivity contribution in [3.63, 3.8) is 0 Å². The quantitative estimate of drug-likeness (QED) is 0.397. The standard InChI is InChI=1S/C29H37Cl2N5O2/c1-17(23-8-7-21(30)10-25(23)31)33-26-24(18-5-6-18)13-32-28(34-26)36-15-20(16-36)19-4-3-9-35(14-19)22-11-29(2,12-22)27(37)38/h7-8,10,13,17-20,22H,3-6,9,11-12,14-16H2,1-2H3,(H,37,38)(H,32,33,34)/t17?,19-,22?,29?/m0/s1. The third-order valence-corrected chi connectivity index (χ3v) is 9.92. The number of likely N-dealkylation sites (tertiary alicyclic amines) is 1. The molecule has 0 spiro atoms. The van der Waals surface area contributed by atoms with Crippen LogP contribution in [0.3, 0.4) is 0 Å². The maximum Gasteiger partial charge on any atom is 0.309 e. The molecule has 2 saturated carbocycles. The normalized spacial score (nSPS) is 28.9. The Morgan fingerprint density at radius 2 is 1.92 bits per heavy atom. The molecule has 2 aliphatic carbocycles. The maximum absolute atomic E-state index is 11.5. The molecule has 38 heavy (non-hydrogen) atoms. The Balaban J connectivity index is 1.09. The molecule has 1 aromatic carbocycles. The van der Waals surface area contributed by atoms with Crippen molar-refractivity contribution in [2.24, 2.45) is 17.3 Å². The second kappa shape index (κ2) is 10.1. The number of benzene rings is 1. The van der Waals surface area contributed by atoms with E-state index in [9.17, 15) is 9.90 Å². The van der Waals surface area contributed by atoms with E-state index in [1.54, 1.807) is 6.07 Å². The molecule has 2 N–H and O–H groups in total. The summed E-state index contributed by atoms with van der Waals surface area (Å²) in [6, 6.07) is 6.05. The van der Waals surface area contributed by atoms with Gasteiger partial charge in [0.1, 0.15) is 5.82 Å². The number of carboxylic acids is 1. The van der Waals surface area contributed by atoms with Crippen molar-refractivity contribution in [2.75, 3.05) is 36.4 Å². The molecule has 0 amide bonds. The van der Waals surface area contributed by atoms with Gasteiger partial charge in [-0.2, -0.15) is 4.98 Å². The largest absolute Gasteiger partial charge is 0.481 e. The minimum atomic E-state index is -0.649. The zero-order valence-electron chi connectivity index (χ0n) is 22.2. The highest BCUT2D eigenvalue weighted by Gasteiger charge is 2.49. The minimum absolute atomic E-state index is 0.00753. The van der Waals surface area contributed by atoms with Crippen molar-refractivity contribution in [3.8, 4) is 0 Å². The zero-order valence-corrected chi connectivity index (χ0v) is 23.7. The van der Waals surface area contributed by atoms with Crippen LogP contribution in [0.1, 0.15) is 75.5 Å². The smallest absolute Gasteiger partial charge is 0.309 e. The lowest BCUT2D eigenvalue weighted by Crippen LogP contribution is -2.58. The maximum atomic E-state index is 11.5. The van der Waals surface area contributed by atoms with Gasteiger partial charge in [-0.3, -0.25) is 4.79 Å². The Labute approximate surface area is 234 Å². The summed E-state index contributed by atoms with van der Waals surface area (Å²) in [7, 11) is 0. The van der Waals surface area contributed by atoms with Crippen molar-refractivity contribution in [3.05, 3.63) is 45.6 Å². The van der Waals surface area contributed by atoms with Gasteiger partial charge in [-0.1, -0.05) is 29.3 Å². The van der Waals surface area contributed by atoms with E-state index in [-0.39, 0.29) is 6.04 Å². The zero-order chi connectivity index (χ0) is 26.6. The number of hydrogen-bond donors (Lipinski definition) is 2. The van der Waals surface area contributed by atoms with Crippen LogP contribution in [0.2, 0.25) is 10.0 Å². The number of piperidine rings is 1. The Hall–Kier alpha value is -2.09. The van der Waals surface area contributed by atoms with Crippen molar-refractivity contribution < 1.29 is 9.90 Å². The van der Waals surface area contributed by atoms with Crippen LogP contribution in [0.5, 0.6) is 0 Å². The van der Waals surface area contributed by atoms with Crippen LogP contribution in [0.4, 0.5) is 11.8 Å². The molecule has 6 rings (SSSR count). The van der Waals surface area contributed by atoms with Crippen LogP contribution in [0, 0.1) is 17.3 Å². The summed E-state index contributed by atoms with van der Waals surface area (Å²) in [5.41, 5.74) is 1.66. The van der Waals surface area contributed by atoms with E-state index in [1.165, 1.54) is 31.2 Å². The number of halogens is 2. The van der Waals surface area contributed by atoms with E-state index in [0.717, 1.165) is 56.4 Å². The summed E-state index contributed by atoms with van der Waals surface area (Å²) in [5.74, 6) is 2.89. The minimum Gasteiger partial charge on any atom is -0.481 e. The topological polar surface area (TPSA) is 81.6 Å². The molecule has 7 nitrogen and oxygen atoms in total. The molecular formula is C29H37Cl2N5O2. The number of aromatic nitrogens is 2. The number of carboxylic acid groups (broad SMARTS) is 1. The van der Waals surface area contributed by atoms with Gasteiger partial charge in [0.05, 0.1) is 11.5 Å². The third kappa shape index (κ3) is 5.09. The molecule has 2 aromatic rings. The number of rotatable bonds is 8. The summed E-state index contributed by atoms with van der Waals surface area (Å²) in [5, 5.41) is 14.4. The molecule has 1 unspecified atom stereocenters. The molecule has 2 aliphatic heterocycles. The molecule has 204 valence electrons. The van der Waals surface area contributed by atoms with Crippen LogP contribution in [0.15, 0.2) is 24.4 Å². The number of anilines is 2. The summed E-state index contributed by atoms with van der Waals surface area (Å²) >= 11 is 12.6. The van der Waals surface area contributed by atoms with E-state index in [1.807, 2.05) is 25.3 Å². The SMILES string of the molecule is CC(Nc1nc(N2CC([C@H]3CCCN(C4CC(C)(C(=O)O)C4)C3)C2)ncc1C1CC1)c1ccc(Cl)cc1Cl. The molecule has 4 aliphatic rings. The second-order valence-electron chi connectivity index (χ2n) is 12.3. The van der Waals surface area contributed by atoms with Gasteiger partial charge < -0.3 is 20.2 Å². The van der Waals surface area contributed by atoms with E-state index in [2.05, 4.69) is 22.0 Å². The van der Waals surface area contributed by atoms with E-state index >= 15 is 0 Å². The van der Waals surface area contributed by atoms with Gasteiger partial charge in [0.25, 0.3) is 0 Å². The number of nitrogens with zero attached hydrogens (tertiary/aromatic N) is 4. The van der Waals surface area contributed by atoms with E-state index in [0.29, 0.717) is 33.8 Å². The average molecular weight is 559 g/mol. The van der Waals surface area contributed by atoms with Crippen molar-refractivity contribution in [2.45, 2.75) is 70.4 Å². The number of hydrogen-bond acceptors (Lipinski definition) is 6. The van der Waals surface area contributed by atoms with Crippen LogP contribution >= 0.6 is 23.2 Å². The summed E-state index contributed by atoms with van der Waals surface area (Å²) in [4.78, 5) is 26.2. The van der Waals surface area contributed by atoms with Crippen molar-refractivity contribution in [1.29, 1.82) is 0 Å². The van der Waals surface area contributed by atoms with Crippen LogP contribution in [-0.4, -0.2) is 58.2 Å². The summed E-state index contributed by atoms with van der Waals surface area (Å²) in [6.07, 6.45) is 8.40. The first-order valence-corrected chi connectivity index (χ1v) is 14.8. The molecule has 0 radical (unpaired) electrons. The van der Waals surface area contributed by atoms with Gasteiger partial charge in [0.2, 0.25) is 5.95 Å². The lowest BCUT2D eigenvalue weighted by molar-refractivity contribution is -0.158. The van der Waals surface area contributed by atoms with Crippen molar-refractivity contribution in [1.82, 2.24) is 14.9 Å². The Morgan fingerprint density at radius 1 is 1.16 bits per heavy atom. The van der Waals surface area contributed by atoms with E-state index < -0.39 is 11.4 Å². The van der Waals surface area contributed by atoms with Gasteiger partial charge in [-0.25, -0.2) is 4.98 Å². The van der Waals surface area contributed by atoms with Gasteiger partial charge in [-0.15, -0.1) is 0 Å². The van der Waals surface area contributed by atoms with Gasteiger partial charge in [0.15, 0.2) is 0 Å². The fraction of sp³-hybridized carbons (Fsp3) is 0.621. The number of aliphatic carboxylic acids is 1. The van der Waals surface area contributed by atoms with E-state index in [4.69, 9.17) is 33.2 Å². The molecule has 4 fully saturated rings. The molecule has 1 aromatic heterocycles. The number of nitrogens with one attached hydrogen (secondary N) is 1. The lowest BCUT2D eigenvalue weighted by Gasteiger charge is -2.52. The highest BCUT2D eigenvalue weighted by molar-refractivity contribution is 6.35. The molecule has 0 bridgehead atoms. The Morgan fingerprint density at radius 3 is 2.61 bits per heavy atom. The Bertz CT molecular complexity index is 1210. The van der Waals surface area contributed by atoms with Crippen LogP contribution in [-0.2, 0) is 4.79 Å². The summed E-state index contributed by atoms with van der Waals surface area (Å²) in [6.45, 7) is 8.15. The molecule has 9 heteroatoms. The highest BCUT2D eigenvalue weighted by atomic mass is 35.5. The van der Waals surface area contributed by atoms with Crippen LogP contribution < -0.4 is 10.2 Å². The fourth-order valence-corrected chi connectivity index (χ4v) is 7.19. The Kier molecular flexibility index (Phi) is 6.98. The first kappa shape index (κ1) is 26.1. The molecular weight excluding hydrogens is 521 g/mol. The average Bonchev–Trinajstić information content (AvgIpc) is 3.66. The summed E-state index contributed by atoms with van der Waals surface area (Å²) < 4.78 is 0.